The van der Waals surface area contributed by atoms with Crippen molar-refractivity contribution in [1.82, 2.24) is 0 Å². The number of benzene rings is 3. The molecule has 36 heavy (non-hydrogen) atoms. The molecule has 0 N–H and O–H groups in total. The summed E-state index contributed by atoms with van der Waals surface area (Å²) < 4.78 is 34.1. The first-order chi connectivity index (χ1) is 17.5. The highest BCUT2D eigenvalue weighted by Gasteiger charge is 2.29. The van der Waals surface area contributed by atoms with Gasteiger partial charge in [-0.25, -0.2) is 4.79 Å². The molecule has 0 unspecified atom stereocenters. The van der Waals surface area contributed by atoms with E-state index in [1.165, 1.54) is 19.2 Å². The zero-order valence-corrected chi connectivity index (χ0v) is 20.4. The predicted octanol–water partition coefficient (Wildman–Crippen LogP) is 5.91. The van der Waals surface area contributed by atoms with Crippen molar-refractivity contribution in [3.63, 3.8) is 0 Å². The standard InChI is InChI=1S/C27H17BrO8/c1-31-20-4-2-3-14-9-23(36-26(14)20)27(30)34-18-5-6-19-21(11-18)35-22(24(19)29)10-15-7-17(28)8-16-12-32-13-33-25(15)16/h2-11H,12-13H2,1H3/b22-10-. The van der Waals surface area contributed by atoms with Gasteiger partial charge < -0.3 is 28.1 Å². The second-order valence-corrected chi connectivity index (χ2v) is 8.99. The van der Waals surface area contributed by atoms with Crippen molar-refractivity contribution in [2.75, 3.05) is 13.9 Å². The molecule has 180 valence electrons. The summed E-state index contributed by atoms with van der Waals surface area (Å²) in [4.78, 5) is 25.7. The maximum atomic E-state index is 13.0. The van der Waals surface area contributed by atoms with E-state index < -0.39 is 5.97 Å². The topological polar surface area (TPSA) is 93.4 Å². The van der Waals surface area contributed by atoms with Crippen molar-refractivity contribution in [3.8, 4) is 23.0 Å². The van der Waals surface area contributed by atoms with Crippen LogP contribution in [0.15, 0.2) is 69.2 Å². The van der Waals surface area contributed by atoms with Gasteiger partial charge in [-0.1, -0.05) is 28.1 Å². The van der Waals surface area contributed by atoms with E-state index in [1.54, 1.807) is 36.4 Å². The van der Waals surface area contributed by atoms with Gasteiger partial charge in [0.2, 0.25) is 11.5 Å². The van der Waals surface area contributed by atoms with Crippen molar-refractivity contribution in [2.24, 2.45) is 0 Å². The summed E-state index contributed by atoms with van der Waals surface area (Å²) >= 11 is 3.48. The molecule has 0 fully saturated rings. The number of fused-ring (bicyclic) bond motifs is 3. The number of allylic oxidation sites excluding steroid dienone is 1. The van der Waals surface area contributed by atoms with Crippen LogP contribution in [0.25, 0.3) is 17.0 Å². The lowest BCUT2D eigenvalue weighted by atomic mass is 10.1. The lowest BCUT2D eigenvalue weighted by Crippen LogP contribution is -2.12. The molecule has 8 nitrogen and oxygen atoms in total. The fourth-order valence-electron chi connectivity index (χ4n) is 4.14. The number of halogens is 1. The van der Waals surface area contributed by atoms with E-state index in [4.69, 9.17) is 28.1 Å². The summed E-state index contributed by atoms with van der Waals surface area (Å²) in [6.07, 6.45) is 1.63. The van der Waals surface area contributed by atoms with Crippen LogP contribution in [0.4, 0.5) is 0 Å². The number of hydrogen-bond acceptors (Lipinski definition) is 8. The highest BCUT2D eigenvalue weighted by Crippen LogP contribution is 2.38. The Morgan fingerprint density at radius 1 is 1.11 bits per heavy atom. The van der Waals surface area contributed by atoms with Crippen molar-refractivity contribution in [3.05, 3.63) is 87.3 Å². The molecule has 3 aromatic carbocycles. The lowest BCUT2D eigenvalue weighted by Gasteiger charge is -2.20. The Morgan fingerprint density at radius 3 is 2.86 bits per heavy atom. The molecule has 2 aliphatic heterocycles. The number of esters is 1. The first kappa shape index (κ1) is 22.4. The van der Waals surface area contributed by atoms with Crippen LogP contribution in [0.1, 0.15) is 32.0 Å². The summed E-state index contributed by atoms with van der Waals surface area (Å²) in [6, 6.07) is 15.3. The Bertz CT molecular complexity index is 1580. The highest BCUT2D eigenvalue weighted by atomic mass is 79.9. The van der Waals surface area contributed by atoms with Gasteiger partial charge in [-0.2, -0.15) is 0 Å². The van der Waals surface area contributed by atoms with Crippen molar-refractivity contribution >= 4 is 44.7 Å². The van der Waals surface area contributed by atoms with Crippen molar-refractivity contribution in [1.29, 1.82) is 0 Å². The van der Waals surface area contributed by atoms with Crippen LogP contribution in [-0.2, 0) is 11.3 Å². The summed E-state index contributed by atoms with van der Waals surface area (Å²) in [6.45, 7) is 0.541. The lowest BCUT2D eigenvalue weighted by molar-refractivity contribution is -0.0165. The molecule has 0 aliphatic carbocycles. The highest BCUT2D eigenvalue weighted by molar-refractivity contribution is 9.10. The summed E-state index contributed by atoms with van der Waals surface area (Å²) in [5.74, 6) is 0.837. The van der Waals surface area contributed by atoms with Gasteiger partial charge in [-0.3, -0.25) is 4.79 Å². The number of carbonyl (C=O) groups excluding carboxylic acids is 2. The van der Waals surface area contributed by atoms with Crippen LogP contribution >= 0.6 is 15.9 Å². The number of para-hydroxylation sites is 1. The molecule has 0 amide bonds. The van der Waals surface area contributed by atoms with Gasteiger partial charge in [-0.15, -0.1) is 0 Å². The average Bonchev–Trinajstić information content (AvgIpc) is 3.45. The van der Waals surface area contributed by atoms with Crippen LogP contribution in [0, 0.1) is 0 Å². The molecular weight excluding hydrogens is 532 g/mol. The van der Waals surface area contributed by atoms with Gasteiger partial charge in [0.25, 0.3) is 0 Å². The molecule has 1 aromatic heterocycles. The maximum absolute atomic E-state index is 13.0. The van der Waals surface area contributed by atoms with Crippen LogP contribution in [0.5, 0.6) is 23.0 Å². The molecule has 9 heteroatoms. The van der Waals surface area contributed by atoms with Gasteiger partial charge in [-0.05, 0) is 42.5 Å². The largest absolute Gasteiger partial charge is 0.493 e. The average molecular weight is 549 g/mol. The quantitative estimate of drug-likeness (QED) is 0.176. The molecule has 0 saturated heterocycles. The number of Topliss-reactive ketones (excluding diaryl/α,β-unsaturated/α-hetero) is 1. The number of ether oxygens (including phenoxy) is 5. The molecular formula is C27H17BrO8. The Morgan fingerprint density at radius 2 is 2.00 bits per heavy atom. The number of ketones is 1. The summed E-state index contributed by atoms with van der Waals surface area (Å²) in [5, 5.41) is 0.712. The van der Waals surface area contributed by atoms with E-state index in [0.29, 0.717) is 40.2 Å². The maximum Gasteiger partial charge on any atom is 0.379 e. The van der Waals surface area contributed by atoms with Gasteiger partial charge in [0.05, 0.1) is 19.3 Å². The summed E-state index contributed by atoms with van der Waals surface area (Å²) in [7, 11) is 1.52. The third-order valence-electron chi connectivity index (χ3n) is 5.77. The van der Waals surface area contributed by atoms with E-state index in [1.807, 2.05) is 12.1 Å². The number of furan rings is 1. The van der Waals surface area contributed by atoms with Crippen LogP contribution < -0.4 is 18.9 Å². The number of carbonyl (C=O) groups is 2. The molecule has 0 atom stereocenters. The van der Waals surface area contributed by atoms with Gasteiger partial charge >= 0.3 is 5.97 Å². The second-order valence-electron chi connectivity index (χ2n) is 8.07. The smallest absolute Gasteiger partial charge is 0.379 e. The minimum absolute atomic E-state index is 0.0241. The molecule has 0 bridgehead atoms. The van der Waals surface area contributed by atoms with Crippen molar-refractivity contribution < 1.29 is 37.7 Å². The minimum atomic E-state index is -0.687. The van der Waals surface area contributed by atoms with Crippen LogP contribution in [-0.4, -0.2) is 25.7 Å². The van der Waals surface area contributed by atoms with Gasteiger partial charge in [0.1, 0.15) is 17.2 Å². The molecule has 0 radical (unpaired) electrons. The Balaban J connectivity index is 1.25. The normalized spacial score (nSPS) is 15.3. The Labute approximate surface area is 213 Å². The fourth-order valence-corrected chi connectivity index (χ4v) is 4.67. The summed E-state index contributed by atoms with van der Waals surface area (Å²) in [5.41, 5.74) is 2.37. The first-order valence-corrected chi connectivity index (χ1v) is 11.7. The zero-order valence-electron chi connectivity index (χ0n) is 18.8. The van der Waals surface area contributed by atoms with E-state index in [0.717, 1.165) is 10.0 Å². The van der Waals surface area contributed by atoms with Gasteiger partial charge in [0, 0.05) is 27.1 Å². The number of hydrogen-bond donors (Lipinski definition) is 0. The number of rotatable bonds is 4. The molecule has 6 rings (SSSR count). The molecule has 4 aromatic rings. The van der Waals surface area contributed by atoms with E-state index in [9.17, 15) is 9.59 Å². The molecule has 0 spiro atoms. The second kappa shape index (κ2) is 8.85. The van der Waals surface area contributed by atoms with Crippen molar-refractivity contribution in [2.45, 2.75) is 6.61 Å². The first-order valence-electron chi connectivity index (χ1n) is 10.9. The van der Waals surface area contributed by atoms with E-state index in [-0.39, 0.29) is 35.6 Å². The van der Waals surface area contributed by atoms with Crippen LogP contribution in [0.2, 0.25) is 0 Å². The monoisotopic (exact) mass is 548 g/mol. The molecule has 2 aliphatic rings. The van der Waals surface area contributed by atoms with E-state index in [2.05, 4.69) is 15.9 Å². The third-order valence-corrected chi connectivity index (χ3v) is 6.23. The predicted molar refractivity (Wildman–Crippen MR) is 132 cm³/mol. The Kier molecular flexibility index (Phi) is 5.50. The van der Waals surface area contributed by atoms with E-state index >= 15 is 0 Å². The minimum Gasteiger partial charge on any atom is -0.493 e. The molecule has 3 heterocycles. The van der Waals surface area contributed by atoms with Gasteiger partial charge in [0.15, 0.2) is 23.9 Å². The third kappa shape index (κ3) is 3.92. The van der Waals surface area contributed by atoms with Crippen LogP contribution in [0.3, 0.4) is 0 Å². The zero-order chi connectivity index (χ0) is 24.8. The number of methoxy groups -OCH3 is 1. The molecule has 0 saturated carbocycles. The Hall–Kier alpha value is -4.08. The fraction of sp³-hybridized carbons (Fsp3) is 0.111. The SMILES string of the molecule is COc1cccc2cc(C(=O)Oc3ccc4c(c3)O/C(=C\c3cc(Br)cc5c3OCOC5)C4=O)oc12.